The van der Waals surface area contributed by atoms with E-state index in [4.69, 9.17) is 4.74 Å². The van der Waals surface area contributed by atoms with Gasteiger partial charge in [-0.3, -0.25) is 9.69 Å². The highest BCUT2D eigenvalue weighted by atomic mass is 16.6. The third-order valence-electron chi connectivity index (χ3n) is 4.85. The van der Waals surface area contributed by atoms with Gasteiger partial charge >= 0.3 is 6.09 Å². The molecule has 0 aromatic heterocycles. The van der Waals surface area contributed by atoms with E-state index < -0.39 is 11.6 Å². The van der Waals surface area contributed by atoms with Gasteiger partial charge in [-0.25, -0.2) is 4.79 Å². The first-order valence-corrected chi connectivity index (χ1v) is 8.83. The molecule has 1 fully saturated rings. The molecule has 0 radical (unpaired) electrons. The van der Waals surface area contributed by atoms with Crippen LogP contribution in [0.1, 0.15) is 30.9 Å². The number of nitriles is 1. The molecule has 1 atom stereocenters. The van der Waals surface area contributed by atoms with Gasteiger partial charge in [0.1, 0.15) is 18.2 Å². The van der Waals surface area contributed by atoms with E-state index in [0.717, 1.165) is 5.56 Å². The zero-order chi connectivity index (χ0) is 19.3. The number of anilines is 1. The molecule has 1 aliphatic rings. The molecule has 1 N–H and O–H groups in total. The number of carbonyl (C=O) groups excluding carboxylic acids is 2. The lowest BCUT2D eigenvalue weighted by molar-refractivity contribution is -0.125. The van der Waals surface area contributed by atoms with E-state index in [2.05, 4.69) is 11.4 Å². The lowest BCUT2D eigenvalue weighted by atomic mass is 9.97. The molecule has 0 aliphatic carbocycles. The monoisotopic (exact) mass is 363 g/mol. The number of benzene rings is 2. The fourth-order valence-corrected chi connectivity index (χ4v) is 3.24. The average molecular weight is 363 g/mol. The first kappa shape index (κ1) is 18.5. The zero-order valence-electron chi connectivity index (χ0n) is 15.1. The smallest absolute Gasteiger partial charge is 0.410 e. The Balaban J connectivity index is 1.70. The van der Waals surface area contributed by atoms with Crippen molar-refractivity contribution in [3.8, 4) is 6.07 Å². The van der Waals surface area contributed by atoms with Gasteiger partial charge in [0, 0.05) is 6.54 Å². The molecule has 0 saturated carbocycles. The molecule has 2 amide bonds. The van der Waals surface area contributed by atoms with E-state index in [9.17, 15) is 14.9 Å². The van der Waals surface area contributed by atoms with Crippen molar-refractivity contribution < 1.29 is 14.3 Å². The number of nitrogens with zero attached hydrogens (tertiary/aromatic N) is 2. The quantitative estimate of drug-likeness (QED) is 0.898. The third kappa shape index (κ3) is 3.93. The summed E-state index contributed by atoms with van der Waals surface area (Å²) in [5.41, 5.74) is 0.691. The van der Waals surface area contributed by atoms with Crippen molar-refractivity contribution in [2.45, 2.75) is 31.9 Å². The molecule has 3 rings (SSSR count). The van der Waals surface area contributed by atoms with Crippen molar-refractivity contribution in [1.82, 2.24) is 4.90 Å². The Labute approximate surface area is 158 Å². The number of ether oxygens (including phenoxy) is 1. The summed E-state index contributed by atoms with van der Waals surface area (Å²) in [5, 5.41) is 12.0. The fraction of sp³-hybridized carbons (Fsp3) is 0.286. The Hall–Kier alpha value is -3.33. The van der Waals surface area contributed by atoms with E-state index in [1.165, 1.54) is 4.90 Å². The summed E-state index contributed by atoms with van der Waals surface area (Å²) in [6, 6.07) is 18.3. The summed E-state index contributed by atoms with van der Waals surface area (Å²) in [7, 11) is 0. The molecule has 1 heterocycles. The van der Waals surface area contributed by atoms with Gasteiger partial charge in [0.2, 0.25) is 5.91 Å². The van der Waals surface area contributed by atoms with E-state index >= 15 is 0 Å². The Morgan fingerprint density at radius 1 is 1.19 bits per heavy atom. The number of hydrogen-bond donors (Lipinski definition) is 1. The van der Waals surface area contributed by atoms with Crippen LogP contribution in [0, 0.1) is 11.3 Å². The van der Waals surface area contributed by atoms with Gasteiger partial charge < -0.3 is 10.1 Å². The maximum absolute atomic E-state index is 12.9. The highest BCUT2D eigenvalue weighted by Gasteiger charge is 2.46. The molecule has 1 saturated heterocycles. The van der Waals surface area contributed by atoms with Crippen molar-refractivity contribution in [2.75, 3.05) is 11.9 Å². The highest BCUT2D eigenvalue weighted by Crippen LogP contribution is 2.31. The van der Waals surface area contributed by atoms with Gasteiger partial charge in [0.25, 0.3) is 0 Å². The van der Waals surface area contributed by atoms with Gasteiger partial charge in [0.05, 0.1) is 11.3 Å². The summed E-state index contributed by atoms with van der Waals surface area (Å²) in [4.78, 5) is 27.0. The normalized spacial score (nSPS) is 18.6. The molecular formula is C21H21N3O3. The van der Waals surface area contributed by atoms with E-state index in [-0.39, 0.29) is 12.5 Å². The fourth-order valence-electron chi connectivity index (χ4n) is 3.24. The van der Waals surface area contributed by atoms with Crippen LogP contribution in [0.5, 0.6) is 0 Å². The Kier molecular flexibility index (Phi) is 5.41. The summed E-state index contributed by atoms with van der Waals surface area (Å²) in [6.07, 6.45) is 0.737. The first-order valence-electron chi connectivity index (χ1n) is 8.83. The minimum absolute atomic E-state index is 0.158. The number of nitrogens with one attached hydrogen (secondary N) is 1. The maximum Gasteiger partial charge on any atom is 0.410 e. The minimum Gasteiger partial charge on any atom is -0.445 e. The molecule has 1 aliphatic heterocycles. The molecule has 6 nitrogen and oxygen atoms in total. The largest absolute Gasteiger partial charge is 0.445 e. The van der Waals surface area contributed by atoms with E-state index in [0.29, 0.717) is 30.6 Å². The van der Waals surface area contributed by atoms with E-state index in [1.807, 2.05) is 30.3 Å². The van der Waals surface area contributed by atoms with Crippen LogP contribution in [0.25, 0.3) is 0 Å². The third-order valence-corrected chi connectivity index (χ3v) is 4.85. The number of carbonyl (C=O) groups is 2. The summed E-state index contributed by atoms with van der Waals surface area (Å²) < 4.78 is 5.41. The predicted octanol–water partition coefficient (Wildman–Crippen LogP) is 3.69. The highest BCUT2D eigenvalue weighted by molar-refractivity contribution is 6.00. The average Bonchev–Trinajstić information content (AvgIpc) is 3.10. The number of likely N-dealkylation sites (tertiary alicyclic amines) is 1. The zero-order valence-corrected chi connectivity index (χ0v) is 15.1. The minimum atomic E-state index is -1.02. The van der Waals surface area contributed by atoms with Gasteiger partial charge in [-0.1, -0.05) is 42.5 Å². The second-order valence-corrected chi connectivity index (χ2v) is 6.68. The molecule has 1 unspecified atom stereocenters. The van der Waals surface area contributed by atoms with Gasteiger partial charge in [-0.15, -0.1) is 0 Å². The second kappa shape index (κ2) is 7.92. The Morgan fingerprint density at radius 3 is 2.63 bits per heavy atom. The van der Waals surface area contributed by atoms with Gasteiger partial charge in [0.15, 0.2) is 0 Å². The van der Waals surface area contributed by atoms with Crippen molar-refractivity contribution in [2.24, 2.45) is 0 Å². The SMILES string of the molecule is CC1(C(=O)Nc2ccccc2C#N)CCCN1C(=O)OCc1ccccc1. The van der Waals surface area contributed by atoms with Crippen LogP contribution in [-0.4, -0.2) is 29.0 Å². The molecule has 0 spiro atoms. The van der Waals surface area contributed by atoms with Crippen LogP contribution in [0.2, 0.25) is 0 Å². The van der Waals surface area contributed by atoms with Gasteiger partial charge in [-0.2, -0.15) is 5.26 Å². The van der Waals surface area contributed by atoms with Crippen LogP contribution in [0.4, 0.5) is 10.5 Å². The molecule has 0 bridgehead atoms. The lowest BCUT2D eigenvalue weighted by Crippen LogP contribution is -2.53. The molecular weight excluding hydrogens is 342 g/mol. The molecule has 138 valence electrons. The van der Waals surface area contributed by atoms with Crippen LogP contribution < -0.4 is 5.32 Å². The van der Waals surface area contributed by atoms with Crippen LogP contribution in [-0.2, 0) is 16.1 Å². The second-order valence-electron chi connectivity index (χ2n) is 6.68. The first-order chi connectivity index (χ1) is 13.0. The van der Waals surface area contributed by atoms with Crippen molar-refractivity contribution in [1.29, 1.82) is 5.26 Å². The van der Waals surface area contributed by atoms with Crippen LogP contribution in [0.3, 0.4) is 0 Å². The van der Waals surface area contributed by atoms with Gasteiger partial charge in [-0.05, 0) is 37.5 Å². The topological polar surface area (TPSA) is 82.4 Å². The van der Waals surface area contributed by atoms with Crippen molar-refractivity contribution >= 4 is 17.7 Å². The maximum atomic E-state index is 12.9. The Bertz CT molecular complexity index is 876. The number of hydrogen-bond acceptors (Lipinski definition) is 4. The summed E-state index contributed by atoms with van der Waals surface area (Å²) in [6.45, 7) is 2.34. The van der Waals surface area contributed by atoms with Crippen LogP contribution in [0.15, 0.2) is 54.6 Å². The Morgan fingerprint density at radius 2 is 1.89 bits per heavy atom. The van der Waals surface area contributed by atoms with E-state index in [1.54, 1.807) is 31.2 Å². The predicted molar refractivity (Wildman–Crippen MR) is 101 cm³/mol. The summed E-state index contributed by atoms with van der Waals surface area (Å²) in [5.74, 6) is -0.320. The van der Waals surface area contributed by atoms with Crippen LogP contribution >= 0.6 is 0 Å². The number of para-hydroxylation sites is 1. The number of amides is 2. The standard InChI is InChI=1S/C21H21N3O3/c1-21(19(25)23-18-11-6-5-10-17(18)14-22)12-7-13-24(21)20(26)27-15-16-8-3-2-4-9-16/h2-6,8-11H,7,12-13,15H2,1H3,(H,23,25). The lowest BCUT2D eigenvalue weighted by Gasteiger charge is -2.33. The molecule has 2 aromatic rings. The van der Waals surface area contributed by atoms with Crippen molar-refractivity contribution in [3.63, 3.8) is 0 Å². The van der Waals surface area contributed by atoms with Crippen molar-refractivity contribution in [3.05, 3.63) is 65.7 Å². The number of rotatable bonds is 4. The molecule has 6 heteroatoms. The molecule has 27 heavy (non-hydrogen) atoms. The summed E-state index contributed by atoms with van der Waals surface area (Å²) >= 11 is 0. The molecule has 2 aromatic carbocycles.